The fourth-order valence-electron chi connectivity index (χ4n) is 2.93. The molecule has 5 heteroatoms. The Balaban J connectivity index is 1.93. The van der Waals surface area contributed by atoms with E-state index in [9.17, 15) is 4.79 Å². The van der Waals surface area contributed by atoms with Crippen molar-refractivity contribution in [1.29, 1.82) is 0 Å². The zero-order valence-electron chi connectivity index (χ0n) is 13.2. The lowest BCUT2D eigenvalue weighted by molar-refractivity contribution is 0.252. The first-order chi connectivity index (χ1) is 11.2. The largest absolute Gasteiger partial charge is 0.341 e. The van der Waals surface area contributed by atoms with Crippen LogP contribution >= 0.6 is 12.6 Å². The number of thiol groups is 1. The van der Waals surface area contributed by atoms with Gasteiger partial charge in [-0.2, -0.15) is 12.6 Å². The van der Waals surface area contributed by atoms with Gasteiger partial charge < -0.3 is 15.2 Å². The molecular weight excluding hydrogens is 306 g/mol. The highest BCUT2D eigenvalue weighted by atomic mass is 32.1. The minimum atomic E-state index is -0.176. The number of nitrogens with one attached hydrogen (secondary N) is 2. The molecule has 0 spiro atoms. The highest BCUT2D eigenvalue weighted by Crippen LogP contribution is 2.30. The molecule has 2 aromatic carbocycles. The van der Waals surface area contributed by atoms with Crippen LogP contribution in [-0.2, 0) is 6.54 Å². The maximum atomic E-state index is 11.9. The third-order valence-corrected chi connectivity index (χ3v) is 4.28. The maximum Gasteiger partial charge on any atom is 0.319 e. The smallest absolute Gasteiger partial charge is 0.319 e. The van der Waals surface area contributed by atoms with Gasteiger partial charge >= 0.3 is 6.03 Å². The summed E-state index contributed by atoms with van der Waals surface area (Å²) in [6.07, 6.45) is 0.861. The first-order valence-corrected chi connectivity index (χ1v) is 8.54. The molecule has 1 aromatic heterocycles. The summed E-state index contributed by atoms with van der Waals surface area (Å²) in [6.45, 7) is 3.70. The SMILES string of the molecule is CCn1c2ccccc2c2cc(NC(=O)NCCCS)ccc21. The van der Waals surface area contributed by atoms with Gasteiger partial charge in [0.2, 0.25) is 0 Å². The number of anilines is 1. The average molecular weight is 327 g/mol. The van der Waals surface area contributed by atoms with E-state index in [-0.39, 0.29) is 6.03 Å². The quantitative estimate of drug-likeness (QED) is 0.476. The Bertz CT molecular complexity index is 841. The van der Waals surface area contributed by atoms with Gasteiger partial charge in [0.25, 0.3) is 0 Å². The van der Waals surface area contributed by atoms with Gasteiger partial charge in [0.1, 0.15) is 0 Å². The zero-order valence-corrected chi connectivity index (χ0v) is 14.1. The number of amides is 2. The summed E-state index contributed by atoms with van der Waals surface area (Å²) in [7, 11) is 0. The second kappa shape index (κ2) is 6.96. The Morgan fingerprint density at radius 2 is 1.91 bits per heavy atom. The number of nitrogens with zero attached hydrogens (tertiary/aromatic N) is 1. The predicted molar refractivity (Wildman–Crippen MR) is 101 cm³/mol. The van der Waals surface area contributed by atoms with E-state index in [2.05, 4.69) is 59.0 Å². The summed E-state index contributed by atoms with van der Waals surface area (Å²) >= 11 is 4.13. The fraction of sp³-hybridized carbons (Fsp3) is 0.278. The number of carbonyl (C=O) groups excluding carboxylic acids is 1. The lowest BCUT2D eigenvalue weighted by Crippen LogP contribution is -2.29. The zero-order chi connectivity index (χ0) is 16.2. The van der Waals surface area contributed by atoms with Gasteiger partial charge in [0, 0.05) is 40.6 Å². The molecule has 0 atom stereocenters. The van der Waals surface area contributed by atoms with Crippen LogP contribution in [0.1, 0.15) is 13.3 Å². The van der Waals surface area contributed by atoms with Crippen LogP contribution in [0, 0.1) is 0 Å². The van der Waals surface area contributed by atoms with Gasteiger partial charge in [0.15, 0.2) is 0 Å². The van der Waals surface area contributed by atoms with Gasteiger partial charge in [-0.05, 0) is 43.4 Å². The molecule has 3 aromatic rings. The van der Waals surface area contributed by atoms with E-state index in [1.165, 1.54) is 16.4 Å². The van der Waals surface area contributed by atoms with Crippen LogP contribution in [-0.4, -0.2) is 22.9 Å². The van der Waals surface area contributed by atoms with Crippen molar-refractivity contribution in [2.45, 2.75) is 19.9 Å². The topological polar surface area (TPSA) is 46.1 Å². The number of rotatable bonds is 5. The Hall–Kier alpha value is -2.14. The molecule has 0 aliphatic rings. The van der Waals surface area contributed by atoms with Gasteiger partial charge in [-0.3, -0.25) is 0 Å². The molecule has 0 aliphatic heterocycles. The van der Waals surface area contributed by atoms with E-state index in [0.717, 1.165) is 29.8 Å². The Morgan fingerprint density at radius 1 is 1.13 bits per heavy atom. The van der Waals surface area contributed by atoms with E-state index < -0.39 is 0 Å². The predicted octanol–water partition coefficient (Wildman–Crippen LogP) is 4.26. The van der Waals surface area contributed by atoms with Crippen LogP contribution in [0.5, 0.6) is 0 Å². The normalized spacial score (nSPS) is 11.0. The number of fused-ring (bicyclic) bond motifs is 3. The third-order valence-electron chi connectivity index (χ3n) is 3.97. The average Bonchev–Trinajstić information content (AvgIpc) is 2.88. The van der Waals surface area contributed by atoms with E-state index >= 15 is 0 Å². The minimum absolute atomic E-state index is 0.176. The molecule has 0 saturated carbocycles. The summed E-state index contributed by atoms with van der Waals surface area (Å²) in [5, 5.41) is 8.10. The first-order valence-electron chi connectivity index (χ1n) is 7.91. The molecule has 2 amide bonds. The number of benzene rings is 2. The third kappa shape index (κ3) is 3.15. The molecule has 0 unspecified atom stereocenters. The van der Waals surface area contributed by atoms with Crippen molar-refractivity contribution in [3.8, 4) is 0 Å². The van der Waals surface area contributed by atoms with Crippen molar-refractivity contribution < 1.29 is 4.79 Å². The highest BCUT2D eigenvalue weighted by Gasteiger charge is 2.10. The van der Waals surface area contributed by atoms with Crippen molar-refractivity contribution in [1.82, 2.24) is 9.88 Å². The van der Waals surface area contributed by atoms with E-state index in [4.69, 9.17) is 0 Å². The van der Waals surface area contributed by atoms with Gasteiger partial charge in [-0.15, -0.1) is 0 Å². The van der Waals surface area contributed by atoms with Gasteiger partial charge in [-0.1, -0.05) is 18.2 Å². The lowest BCUT2D eigenvalue weighted by atomic mass is 10.1. The van der Waals surface area contributed by atoms with Crippen LogP contribution in [0.15, 0.2) is 42.5 Å². The highest BCUT2D eigenvalue weighted by molar-refractivity contribution is 7.80. The van der Waals surface area contributed by atoms with E-state index in [0.29, 0.717) is 6.54 Å². The molecule has 4 nitrogen and oxygen atoms in total. The number of carbonyl (C=O) groups is 1. The number of urea groups is 1. The molecule has 23 heavy (non-hydrogen) atoms. The molecule has 3 rings (SSSR count). The summed E-state index contributed by atoms with van der Waals surface area (Å²) < 4.78 is 2.29. The fourth-order valence-corrected chi connectivity index (χ4v) is 3.09. The van der Waals surface area contributed by atoms with Crippen LogP contribution < -0.4 is 10.6 Å². The summed E-state index contributed by atoms with van der Waals surface area (Å²) in [6, 6.07) is 14.3. The lowest BCUT2D eigenvalue weighted by Gasteiger charge is -2.08. The number of aromatic nitrogens is 1. The second-order valence-electron chi connectivity index (χ2n) is 5.45. The van der Waals surface area contributed by atoms with Crippen molar-refractivity contribution >= 4 is 46.2 Å². The van der Waals surface area contributed by atoms with Crippen LogP contribution in [0.25, 0.3) is 21.8 Å². The van der Waals surface area contributed by atoms with E-state index in [1.807, 2.05) is 18.2 Å². The van der Waals surface area contributed by atoms with E-state index in [1.54, 1.807) is 0 Å². The van der Waals surface area contributed by atoms with Crippen molar-refractivity contribution in [2.75, 3.05) is 17.6 Å². The number of aryl methyl sites for hydroxylation is 1. The molecule has 2 N–H and O–H groups in total. The van der Waals surface area contributed by atoms with Crippen molar-refractivity contribution in [3.63, 3.8) is 0 Å². The van der Waals surface area contributed by atoms with Gasteiger partial charge in [0.05, 0.1) is 0 Å². The summed E-state index contributed by atoms with van der Waals surface area (Å²) in [5.41, 5.74) is 3.22. The summed E-state index contributed by atoms with van der Waals surface area (Å²) in [4.78, 5) is 11.9. The molecular formula is C18H21N3OS. The molecule has 0 saturated heterocycles. The second-order valence-corrected chi connectivity index (χ2v) is 5.90. The van der Waals surface area contributed by atoms with Crippen LogP contribution in [0.3, 0.4) is 0 Å². The molecule has 1 heterocycles. The summed E-state index contributed by atoms with van der Waals surface area (Å²) in [5.74, 6) is 0.767. The first kappa shape index (κ1) is 15.7. The Kier molecular flexibility index (Phi) is 4.76. The molecule has 0 bridgehead atoms. The molecule has 120 valence electrons. The number of para-hydroxylation sites is 1. The minimum Gasteiger partial charge on any atom is -0.341 e. The molecule has 0 fully saturated rings. The Morgan fingerprint density at radius 3 is 2.70 bits per heavy atom. The standard InChI is InChI=1S/C18H21N3OS/c1-2-21-16-7-4-3-6-14(16)15-12-13(8-9-17(15)21)20-18(22)19-10-5-11-23/h3-4,6-9,12,23H,2,5,10-11H2,1H3,(H2,19,20,22). The number of hydrogen-bond acceptors (Lipinski definition) is 2. The monoisotopic (exact) mass is 327 g/mol. The molecule has 0 aliphatic carbocycles. The van der Waals surface area contributed by atoms with Crippen molar-refractivity contribution in [2.24, 2.45) is 0 Å². The van der Waals surface area contributed by atoms with Crippen molar-refractivity contribution in [3.05, 3.63) is 42.5 Å². The van der Waals surface area contributed by atoms with Gasteiger partial charge in [-0.25, -0.2) is 4.79 Å². The maximum absolute atomic E-state index is 11.9. The molecule has 0 radical (unpaired) electrons. The van der Waals surface area contributed by atoms with Crippen LogP contribution in [0.2, 0.25) is 0 Å². The van der Waals surface area contributed by atoms with Crippen LogP contribution in [0.4, 0.5) is 10.5 Å². The number of hydrogen-bond donors (Lipinski definition) is 3. The Labute approximate surface area is 141 Å².